The minimum atomic E-state index is -4.96. The number of carbonyl (C=O) groups excluding carboxylic acids is 4. The van der Waals surface area contributed by atoms with Gasteiger partial charge in [-0.15, -0.1) is 0 Å². The molecule has 0 aliphatic carbocycles. The number of allylic oxidation sites excluding steroid dienone is 4. The maximum absolute atomic E-state index is 13.0. The van der Waals surface area contributed by atoms with Crippen molar-refractivity contribution in [1.82, 2.24) is 0 Å². The fraction of sp³-hybridized carbons (Fsp3) is 0.890. The molecule has 0 spiro atoms. The highest BCUT2D eigenvalue weighted by molar-refractivity contribution is 7.47. The summed E-state index contributed by atoms with van der Waals surface area (Å²) < 4.78 is 68.3. The van der Waals surface area contributed by atoms with Crippen molar-refractivity contribution in [3.05, 3.63) is 24.3 Å². The number of esters is 4. The highest BCUT2D eigenvalue weighted by Gasteiger charge is 2.30. The number of hydrogen-bond donors (Lipinski definition) is 3. The maximum Gasteiger partial charge on any atom is 0.472 e. The fourth-order valence-electron chi connectivity index (χ4n) is 10.6. The first-order valence-corrected chi connectivity index (χ1v) is 40.3. The average molecular weight is 1350 g/mol. The van der Waals surface area contributed by atoms with Crippen LogP contribution in [0, 0.1) is 11.8 Å². The Bertz CT molecular complexity index is 1880. The summed E-state index contributed by atoms with van der Waals surface area (Å²) in [4.78, 5) is 72.6. The Hall–Kier alpha value is -2.46. The number of aliphatic hydroxyl groups is 1. The Balaban J connectivity index is 5.28. The van der Waals surface area contributed by atoms with E-state index in [0.29, 0.717) is 25.7 Å². The molecule has 0 aromatic rings. The van der Waals surface area contributed by atoms with Crippen molar-refractivity contribution in [2.75, 3.05) is 39.6 Å². The van der Waals surface area contributed by atoms with Crippen LogP contribution in [0.1, 0.15) is 350 Å². The zero-order valence-electron chi connectivity index (χ0n) is 59.3. The smallest absolute Gasteiger partial charge is 0.462 e. The number of phosphoric ester groups is 2. The molecular weight excluding hydrogens is 1210 g/mol. The third kappa shape index (κ3) is 66.2. The summed E-state index contributed by atoms with van der Waals surface area (Å²) >= 11 is 0. The Morgan fingerprint density at radius 3 is 0.891 bits per heavy atom. The van der Waals surface area contributed by atoms with Gasteiger partial charge in [0.05, 0.1) is 26.4 Å². The zero-order chi connectivity index (χ0) is 67.9. The molecule has 2 unspecified atom stereocenters. The van der Waals surface area contributed by atoms with Gasteiger partial charge in [-0.2, -0.15) is 0 Å². The summed E-state index contributed by atoms with van der Waals surface area (Å²) in [6.45, 7) is 9.49. The lowest BCUT2D eigenvalue weighted by atomic mass is 10.0. The highest BCUT2D eigenvalue weighted by Crippen LogP contribution is 2.45. The molecular formula is C73H138O17P2. The molecule has 17 nitrogen and oxygen atoms in total. The van der Waals surface area contributed by atoms with E-state index in [1.165, 1.54) is 154 Å². The standard InChI is InChI=1S/C73H138O17P2/c1-7-9-11-13-15-17-18-19-20-21-26-33-39-45-51-57-72(77)90-69(62-84-71(76)56-50-44-38-32-27-22-24-30-35-41-47-53-65(3)4)64-88-92(81,82)86-60-67(74)59-85-91(79,80)87-63-68(61-83-70(75)55-49-43-37-29-16-14-12-10-8-2)89-73(78)58-52-46-40-34-28-23-25-31-36-42-48-54-66(5)6/h17-20,65-69,74H,7-16,21-64H2,1-6H3,(H,79,80)(H,81,82)/b18-17-,20-19-/t67-,68+,69+/m0/s1. The van der Waals surface area contributed by atoms with Crippen molar-refractivity contribution in [3.63, 3.8) is 0 Å². The van der Waals surface area contributed by atoms with Crippen molar-refractivity contribution >= 4 is 39.5 Å². The SMILES string of the molecule is CCCCCC/C=C\C=C/CCCCCCCC(=O)O[C@H](COC(=O)CCCCCCCCCCCCCC(C)C)COP(=O)(O)OC[C@@H](O)COP(=O)(O)OC[C@@H](COC(=O)CCCCCCCCCCC)OC(=O)CCCCCCCCCCCCCC(C)C. The van der Waals surface area contributed by atoms with Gasteiger partial charge in [-0.05, 0) is 63.2 Å². The van der Waals surface area contributed by atoms with Crippen molar-refractivity contribution in [2.45, 2.75) is 368 Å². The minimum Gasteiger partial charge on any atom is -0.462 e. The molecule has 0 aliphatic heterocycles. The Kier molecular flexibility index (Phi) is 62.8. The Morgan fingerprint density at radius 2 is 0.587 bits per heavy atom. The van der Waals surface area contributed by atoms with E-state index in [4.69, 9.17) is 37.0 Å². The lowest BCUT2D eigenvalue weighted by Crippen LogP contribution is -2.30. The van der Waals surface area contributed by atoms with Crippen LogP contribution in [-0.4, -0.2) is 96.7 Å². The molecule has 0 amide bonds. The molecule has 5 atom stereocenters. The number of hydrogen-bond acceptors (Lipinski definition) is 15. The molecule has 0 heterocycles. The molecule has 0 saturated carbocycles. The first kappa shape index (κ1) is 89.5. The molecule has 0 aromatic carbocycles. The average Bonchev–Trinajstić information content (AvgIpc) is 2.37. The van der Waals surface area contributed by atoms with Crippen LogP contribution in [0.2, 0.25) is 0 Å². The van der Waals surface area contributed by atoms with Crippen molar-refractivity contribution < 1.29 is 80.2 Å². The molecule has 0 saturated heterocycles. The Morgan fingerprint density at radius 1 is 0.337 bits per heavy atom. The molecule has 19 heteroatoms. The van der Waals surface area contributed by atoms with Gasteiger partial charge < -0.3 is 33.8 Å². The quantitative estimate of drug-likeness (QED) is 0.0169. The highest BCUT2D eigenvalue weighted by atomic mass is 31.2. The lowest BCUT2D eigenvalue weighted by molar-refractivity contribution is -0.161. The van der Waals surface area contributed by atoms with E-state index < -0.39 is 97.5 Å². The van der Waals surface area contributed by atoms with Crippen LogP contribution in [0.3, 0.4) is 0 Å². The van der Waals surface area contributed by atoms with Crippen molar-refractivity contribution in [1.29, 1.82) is 0 Å². The Labute approximate surface area is 561 Å². The van der Waals surface area contributed by atoms with Crippen LogP contribution >= 0.6 is 15.6 Å². The van der Waals surface area contributed by atoms with Gasteiger partial charge in [0.15, 0.2) is 12.2 Å². The van der Waals surface area contributed by atoms with Gasteiger partial charge in [-0.25, -0.2) is 9.13 Å². The van der Waals surface area contributed by atoms with Gasteiger partial charge in [0.2, 0.25) is 0 Å². The topological polar surface area (TPSA) is 237 Å². The van der Waals surface area contributed by atoms with Gasteiger partial charge >= 0.3 is 39.5 Å². The van der Waals surface area contributed by atoms with Crippen LogP contribution < -0.4 is 0 Å². The van der Waals surface area contributed by atoms with Crippen molar-refractivity contribution in [3.8, 4) is 0 Å². The second-order valence-electron chi connectivity index (χ2n) is 26.6. The summed E-state index contributed by atoms with van der Waals surface area (Å²) in [5.41, 5.74) is 0. The predicted molar refractivity (Wildman–Crippen MR) is 372 cm³/mol. The van der Waals surface area contributed by atoms with E-state index >= 15 is 0 Å². The molecule has 0 bridgehead atoms. The van der Waals surface area contributed by atoms with E-state index in [9.17, 15) is 43.2 Å². The van der Waals surface area contributed by atoms with Gasteiger partial charge in [0, 0.05) is 25.7 Å². The zero-order valence-corrected chi connectivity index (χ0v) is 61.1. The number of rotatable bonds is 70. The van der Waals surface area contributed by atoms with Gasteiger partial charge in [0.1, 0.15) is 19.3 Å². The van der Waals surface area contributed by atoms with Crippen LogP contribution in [0.25, 0.3) is 0 Å². The largest absolute Gasteiger partial charge is 0.472 e. The molecule has 0 aliphatic rings. The predicted octanol–water partition coefficient (Wildman–Crippen LogP) is 20.7. The third-order valence-corrected chi connectivity index (χ3v) is 18.2. The summed E-state index contributed by atoms with van der Waals surface area (Å²) in [6.07, 6.45) is 53.4. The number of carbonyl (C=O) groups is 4. The van der Waals surface area contributed by atoms with Crippen LogP contribution in [0.5, 0.6) is 0 Å². The minimum absolute atomic E-state index is 0.0849. The van der Waals surface area contributed by atoms with Gasteiger partial charge in [-0.1, -0.05) is 297 Å². The first-order valence-electron chi connectivity index (χ1n) is 37.3. The van der Waals surface area contributed by atoms with Crippen LogP contribution in [-0.2, 0) is 65.4 Å². The van der Waals surface area contributed by atoms with E-state index in [1.54, 1.807) is 0 Å². The van der Waals surface area contributed by atoms with Crippen LogP contribution in [0.15, 0.2) is 24.3 Å². The summed E-state index contributed by atoms with van der Waals surface area (Å²) in [6, 6.07) is 0. The fourth-order valence-corrected chi connectivity index (χ4v) is 12.2. The summed E-state index contributed by atoms with van der Waals surface area (Å²) in [5, 5.41) is 10.6. The molecule has 542 valence electrons. The third-order valence-electron chi connectivity index (χ3n) is 16.3. The second kappa shape index (κ2) is 64.5. The molecule has 0 rings (SSSR count). The molecule has 0 fully saturated rings. The molecule has 3 N–H and O–H groups in total. The maximum atomic E-state index is 13.0. The molecule has 0 radical (unpaired) electrons. The van der Waals surface area contributed by atoms with E-state index in [1.807, 2.05) is 0 Å². The number of aliphatic hydroxyl groups excluding tert-OH is 1. The lowest BCUT2D eigenvalue weighted by Gasteiger charge is -2.21. The first-order chi connectivity index (χ1) is 44.4. The molecule has 0 aromatic heterocycles. The number of unbranched alkanes of at least 4 members (excludes halogenated alkanes) is 37. The van der Waals surface area contributed by atoms with Gasteiger partial charge in [0.25, 0.3) is 0 Å². The summed E-state index contributed by atoms with van der Waals surface area (Å²) in [7, 11) is -9.92. The number of ether oxygens (including phenoxy) is 4. The van der Waals surface area contributed by atoms with E-state index in [0.717, 1.165) is 115 Å². The van der Waals surface area contributed by atoms with Crippen molar-refractivity contribution in [2.24, 2.45) is 11.8 Å². The second-order valence-corrected chi connectivity index (χ2v) is 29.5. The molecule has 92 heavy (non-hydrogen) atoms. The van der Waals surface area contributed by atoms with E-state index in [-0.39, 0.29) is 25.7 Å². The normalized spacial score (nSPS) is 14.2. The van der Waals surface area contributed by atoms with Crippen LogP contribution in [0.4, 0.5) is 0 Å². The number of phosphoric acid groups is 2. The van der Waals surface area contributed by atoms with Gasteiger partial charge in [-0.3, -0.25) is 37.3 Å². The monoisotopic (exact) mass is 1350 g/mol. The summed E-state index contributed by atoms with van der Waals surface area (Å²) in [5.74, 6) is -0.619. The van der Waals surface area contributed by atoms with E-state index in [2.05, 4.69) is 65.8 Å².